The standard InChI is InChI=1S/C22H29NO/c1-3-4-5-6-7-8-9-10-11-12-15-19-18-22(24)20-16-13-14-17-21(20)23(19)2/h13-14,16-18H,3-11H2,1-2H3. The minimum atomic E-state index is 0.0556. The molecule has 0 aliphatic rings. The third-order valence-electron chi connectivity index (χ3n) is 4.53. The summed E-state index contributed by atoms with van der Waals surface area (Å²) in [6, 6.07) is 9.36. The van der Waals surface area contributed by atoms with Crippen LogP contribution in [0.25, 0.3) is 10.9 Å². The van der Waals surface area contributed by atoms with Gasteiger partial charge in [0.1, 0.15) is 0 Å². The smallest absolute Gasteiger partial charge is 0.190 e. The Morgan fingerprint density at radius 2 is 1.62 bits per heavy atom. The fourth-order valence-electron chi connectivity index (χ4n) is 3.02. The van der Waals surface area contributed by atoms with E-state index in [1.165, 1.54) is 44.9 Å². The molecule has 128 valence electrons. The maximum Gasteiger partial charge on any atom is 0.190 e. The molecule has 2 rings (SSSR count). The van der Waals surface area contributed by atoms with Crippen LogP contribution in [-0.2, 0) is 7.05 Å². The molecule has 2 nitrogen and oxygen atoms in total. The third-order valence-corrected chi connectivity index (χ3v) is 4.53. The zero-order chi connectivity index (χ0) is 17.2. The molecule has 1 heterocycles. The van der Waals surface area contributed by atoms with E-state index in [0.717, 1.165) is 29.4 Å². The Bertz CT molecular complexity index is 761. The summed E-state index contributed by atoms with van der Waals surface area (Å²) in [5, 5.41) is 0.758. The van der Waals surface area contributed by atoms with Crippen molar-refractivity contribution in [3.8, 4) is 11.8 Å². The summed E-state index contributed by atoms with van der Waals surface area (Å²) in [6.07, 6.45) is 11.4. The summed E-state index contributed by atoms with van der Waals surface area (Å²) >= 11 is 0. The number of nitrogens with zero attached hydrogens (tertiary/aromatic N) is 1. The number of para-hydroxylation sites is 1. The van der Waals surface area contributed by atoms with Gasteiger partial charge in [0.2, 0.25) is 0 Å². The lowest BCUT2D eigenvalue weighted by Gasteiger charge is -2.07. The number of fused-ring (bicyclic) bond motifs is 1. The molecular weight excluding hydrogens is 294 g/mol. The number of hydrogen-bond acceptors (Lipinski definition) is 1. The van der Waals surface area contributed by atoms with E-state index in [0.29, 0.717) is 0 Å². The molecule has 0 saturated carbocycles. The minimum absolute atomic E-state index is 0.0556. The molecule has 1 aromatic carbocycles. The van der Waals surface area contributed by atoms with E-state index in [1.807, 2.05) is 35.9 Å². The number of hydrogen-bond donors (Lipinski definition) is 0. The molecule has 0 fully saturated rings. The Hall–Kier alpha value is -2.01. The van der Waals surface area contributed by atoms with Gasteiger partial charge in [-0.3, -0.25) is 4.79 Å². The number of unbranched alkanes of at least 4 members (excludes halogenated alkanes) is 8. The second kappa shape index (κ2) is 9.98. The van der Waals surface area contributed by atoms with Crippen molar-refractivity contribution in [3.63, 3.8) is 0 Å². The van der Waals surface area contributed by atoms with E-state index in [1.54, 1.807) is 6.07 Å². The highest BCUT2D eigenvalue weighted by Crippen LogP contribution is 2.11. The highest BCUT2D eigenvalue weighted by Gasteiger charge is 2.03. The van der Waals surface area contributed by atoms with Gasteiger partial charge in [0.25, 0.3) is 0 Å². The average molecular weight is 323 g/mol. The molecule has 24 heavy (non-hydrogen) atoms. The average Bonchev–Trinajstić information content (AvgIpc) is 2.60. The molecule has 0 aliphatic carbocycles. The minimum Gasteiger partial charge on any atom is -0.337 e. The van der Waals surface area contributed by atoms with E-state index in [-0.39, 0.29) is 5.43 Å². The van der Waals surface area contributed by atoms with E-state index in [9.17, 15) is 4.79 Å². The summed E-state index contributed by atoms with van der Waals surface area (Å²) in [7, 11) is 1.97. The zero-order valence-corrected chi connectivity index (χ0v) is 15.1. The monoisotopic (exact) mass is 323 g/mol. The maximum atomic E-state index is 12.2. The van der Waals surface area contributed by atoms with E-state index in [2.05, 4.69) is 18.8 Å². The van der Waals surface area contributed by atoms with E-state index >= 15 is 0 Å². The summed E-state index contributed by atoms with van der Waals surface area (Å²) < 4.78 is 2.01. The molecule has 0 N–H and O–H groups in total. The lowest BCUT2D eigenvalue weighted by Crippen LogP contribution is -2.09. The number of benzene rings is 1. The van der Waals surface area contributed by atoms with Gasteiger partial charge in [-0.1, -0.05) is 69.9 Å². The normalized spacial score (nSPS) is 10.6. The summed E-state index contributed by atoms with van der Waals surface area (Å²) in [6.45, 7) is 2.25. The van der Waals surface area contributed by atoms with Crippen molar-refractivity contribution < 1.29 is 0 Å². The molecule has 0 saturated heterocycles. The Morgan fingerprint density at radius 3 is 2.38 bits per heavy atom. The van der Waals surface area contributed by atoms with Crippen LogP contribution in [0.1, 0.15) is 70.4 Å². The largest absolute Gasteiger partial charge is 0.337 e. The van der Waals surface area contributed by atoms with Crippen molar-refractivity contribution in [2.24, 2.45) is 7.05 Å². The van der Waals surface area contributed by atoms with Crippen LogP contribution in [0, 0.1) is 11.8 Å². The van der Waals surface area contributed by atoms with E-state index < -0.39 is 0 Å². The van der Waals surface area contributed by atoms with Crippen molar-refractivity contribution in [3.05, 3.63) is 46.2 Å². The Morgan fingerprint density at radius 1 is 0.958 bits per heavy atom. The molecular formula is C22H29NO. The van der Waals surface area contributed by atoms with Crippen molar-refractivity contribution in [1.82, 2.24) is 4.57 Å². The first kappa shape index (κ1) is 18.3. The molecule has 0 atom stereocenters. The molecule has 0 bridgehead atoms. The van der Waals surface area contributed by atoms with Crippen molar-refractivity contribution in [1.29, 1.82) is 0 Å². The number of pyridine rings is 1. The molecule has 0 radical (unpaired) electrons. The second-order valence-electron chi connectivity index (χ2n) is 6.50. The van der Waals surface area contributed by atoms with Crippen molar-refractivity contribution in [2.45, 2.75) is 64.7 Å². The van der Waals surface area contributed by atoms with Gasteiger partial charge in [0.15, 0.2) is 5.43 Å². The Labute approximate surface area is 145 Å². The van der Waals surface area contributed by atoms with Gasteiger partial charge < -0.3 is 4.57 Å². The van der Waals surface area contributed by atoms with Crippen LogP contribution in [0.5, 0.6) is 0 Å². The third kappa shape index (κ3) is 5.27. The Balaban J connectivity index is 1.83. The van der Waals surface area contributed by atoms with Gasteiger partial charge in [-0.2, -0.15) is 0 Å². The number of rotatable bonds is 8. The zero-order valence-electron chi connectivity index (χ0n) is 15.1. The van der Waals surface area contributed by atoms with Gasteiger partial charge in [0, 0.05) is 24.9 Å². The van der Waals surface area contributed by atoms with Gasteiger partial charge in [-0.15, -0.1) is 0 Å². The van der Waals surface area contributed by atoms with Crippen LogP contribution in [0.3, 0.4) is 0 Å². The summed E-state index contributed by atoms with van der Waals surface area (Å²) in [4.78, 5) is 12.2. The highest BCUT2D eigenvalue weighted by atomic mass is 16.1. The van der Waals surface area contributed by atoms with Crippen LogP contribution in [0.4, 0.5) is 0 Å². The van der Waals surface area contributed by atoms with Crippen LogP contribution >= 0.6 is 0 Å². The van der Waals surface area contributed by atoms with Crippen molar-refractivity contribution in [2.75, 3.05) is 0 Å². The van der Waals surface area contributed by atoms with Crippen molar-refractivity contribution >= 4 is 10.9 Å². The molecule has 0 aliphatic heterocycles. The topological polar surface area (TPSA) is 22.0 Å². The molecule has 0 unspecified atom stereocenters. The molecule has 1 aromatic heterocycles. The molecule has 0 amide bonds. The van der Waals surface area contributed by atoms with Crippen LogP contribution in [0.15, 0.2) is 35.1 Å². The van der Waals surface area contributed by atoms with Crippen LogP contribution < -0.4 is 5.43 Å². The fourth-order valence-corrected chi connectivity index (χ4v) is 3.02. The quantitative estimate of drug-likeness (QED) is 0.469. The SMILES string of the molecule is CCCCCCCCCCC#Cc1cc(=O)c2ccccc2n1C. The second-order valence-corrected chi connectivity index (χ2v) is 6.50. The predicted octanol–water partition coefficient (Wildman–Crippen LogP) is 5.42. The van der Waals surface area contributed by atoms with Crippen LogP contribution in [0.2, 0.25) is 0 Å². The van der Waals surface area contributed by atoms with Gasteiger partial charge in [0.05, 0.1) is 11.2 Å². The lowest BCUT2D eigenvalue weighted by atomic mass is 10.1. The maximum absolute atomic E-state index is 12.2. The molecule has 2 aromatic rings. The van der Waals surface area contributed by atoms with E-state index in [4.69, 9.17) is 0 Å². The van der Waals surface area contributed by atoms with Gasteiger partial charge in [-0.25, -0.2) is 0 Å². The Kier molecular flexibility index (Phi) is 7.62. The lowest BCUT2D eigenvalue weighted by molar-refractivity contribution is 0.579. The first-order valence-corrected chi connectivity index (χ1v) is 9.31. The first-order valence-electron chi connectivity index (χ1n) is 9.31. The fraction of sp³-hybridized carbons (Fsp3) is 0.500. The molecule has 2 heteroatoms. The van der Waals surface area contributed by atoms with Gasteiger partial charge in [-0.05, 0) is 24.5 Å². The first-order chi connectivity index (χ1) is 11.7. The summed E-state index contributed by atoms with van der Waals surface area (Å²) in [5.74, 6) is 6.41. The predicted molar refractivity (Wildman–Crippen MR) is 103 cm³/mol. The van der Waals surface area contributed by atoms with Crippen LogP contribution in [-0.4, -0.2) is 4.57 Å². The summed E-state index contributed by atoms with van der Waals surface area (Å²) in [5.41, 5.74) is 1.81. The highest BCUT2D eigenvalue weighted by molar-refractivity contribution is 5.79. The van der Waals surface area contributed by atoms with Gasteiger partial charge >= 0.3 is 0 Å². The number of aromatic nitrogens is 1. The molecule has 0 spiro atoms. The number of aryl methyl sites for hydroxylation is 1.